The first-order chi connectivity index (χ1) is 6.14. The van der Waals surface area contributed by atoms with E-state index < -0.39 is 0 Å². The lowest BCUT2D eigenvalue weighted by atomic mass is 9.57. The van der Waals surface area contributed by atoms with E-state index in [0.717, 1.165) is 25.7 Å². The van der Waals surface area contributed by atoms with E-state index in [1.54, 1.807) is 0 Å². The fourth-order valence-corrected chi connectivity index (χ4v) is 2.89. The molecule has 13 heavy (non-hydrogen) atoms. The highest BCUT2D eigenvalue weighted by Crippen LogP contribution is 2.49. The molecule has 3 unspecified atom stereocenters. The molecule has 1 nitrogen and oxygen atoms in total. The molecule has 0 radical (unpaired) electrons. The van der Waals surface area contributed by atoms with Crippen molar-refractivity contribution in [3.05, 3.63) is 12.2 Å². The van der Waals surface area contributed by atoms with Crippen LogP contribution in [0.25, 0.3) is 0 Å². The highest BCUT2D eigenvalue weighted by Gasteiger charge is 2.45. The zero-order valence-electron chi connectivity index (χ0n) is 8.55. The van der Waals surface area contributed by atoms with Gasteiger partial charge in [0.2, 0.25) is 0 Å². The summed E-state index contributed by atoms with van der Waals surface area (Å²) >= 11 is 0. The lowest BCUT2D eigenvalue weighted by Gasteiger charge is -2.46. The standard InChI is InChI=1S/C12H18O/c1-9-6-7-11(13)10-5-3-4-8-12(9,10)2/h3-4,9-10H,5-8H2,1-2H3. The predicted octanol–water partition coefficient (Wildman–Crippen LogP) is 2.96. The maximum atomic E-state index is 11.7. The Morgan fingerprint density at radius 3 is 2.92 bits per heavy atom. The van der Waals surface area contributed by atoms with Gasteiger partial charge in [-0.15, -0.1) is 0 Å². The summed E-state index contributed by atoms with van der Waals surface area (Å²) < 4.78 is 0. The molecule has 1 saturated carbocycles. The number of hydrogen-bond donors (Lipinski definition) is 0. The van der Waals surface area contributed by atoms with Crippen LogP contribution in [0.15, 0.2) is 12.2 Å². The molecule has 2 aliphatic carbocycles. The number of ketones is 1. The van der Waals surface area contributed by atoms with Crippen LogP contribution in [0, 0.1) is 17.3 Å². The van der Waals surface area contributed by atoms with E-state index in [0.29, 0.717) is 17.6 Å². The molecule has 0 aromatic rings. The van der Waals surface area contributed by atoms with Crippen molar-refractivity contribution in [3.63, 3.8) is 0 Å². The molecule has 0 aromatic carbocycles. The van der Waals surface area contributed by atoms with Crippen LogP contribution in [0.2, 0.25) is 0 Å². The van der Waals surface area contributed by atoms with Crippen LogP contribution >= 0.6 is 0 Å². The van der Waals surface area contributed by atoms with Crippen molar-refractivity contribution in [2.45, 2.75) is 39.5 Å². The highest BCUT2D eigenvalue weighted by atomic mass is 16.1. The number of carbonyl (C=O) groups excluding carboxylic acids is 1. The normalized spacial score (nSPS) is 44.6. The van der Waals surface area contributed by atoms with E-state index in [1.165, 1.54) is 0 Å². The first-order valence-corrected chi connectivity index (χ1v) is 5.32. The highest BCUT2D eigenvalue weighted by molar-refractivity contribution is 5.83. The number of rotatable bonds is 0. The van der Waals surface area contributed by atoms with Crippen LogP contribution in [0.5, 0.6) is 0 Å². The average Bonchev–Trinajstić information content (AvgIpc) is 2.12. The lowest BCUT2D eigenvalue weighted by molar-refractivity contribution is -0.133. The van der Waals surface area contributed by atoms with Gasteiger partial charge in [-0.1, -0.05) is 26.0 Å². The minimum absolute atomic E-state index is 0.268. The third-order valence-electron chi connectivity index (χ3n) is 4.23. The van der Waals surface area contributed by atoms with E-state index in [-0.39, 0.29) is 5.41 Å². The zero-order chi connectivity index (χ0) is 9.47. The molecule has 1 heteroatoms. The smallest absolute Gasteiger partial charge is 0.136 e. The Balaban J connectivity index is 2.31. The number of allylic oxidation sites excluding steroid dienone is 2. The van der Waals surface area contributed by atoms with E-state index in [2.05, 4.69) is 26.0 Å². The quantitative estimate of drug-likeness (QED) is 0.521. The maximum Gasteiger partial charge on any atom is 0.136 e. The Hall–Kier alpha value is -0.590. The van der Waals surface area contributed by atoms with Crippen molar-refractivity contribution in [1.29, 1.82) is 0 Å². The van der Waals surface area contributed by atoms with Gasteiger partial charge in [-0.25, -0.2) is 0 Å². The summed E-state index contributed by atoms with van der Waals surface area (Å²) in [5.74, 6) is 1.53. The van der Waals surface area contributed by atoms with E-state index in [1.807, 2.05) is 0 Å². The monoisotopic (exact) mass is 178 g/mol. The van der Waals surface area contributed by atoms with Gasteiger partial charge >= 0.3 is 0 Å². The van der Waals surface area contributed by atoms with Gasteiger partial charge in [-0.3, -0.25) is 4.79 Å². The van der Waals surface area contributed by atoms with Gasteiger partial charge in [0.05, 0.1) is 0 Å². The summed E-state index contributed by atoms with van der Waals surface area (Å²) in [5.41, 5.74) is 0.268. The van der Waals surface area contributed by atoms with Gasteiger partial charge < -0.3 is 0 Å². The van der Waals surface area contributed by atoms with E-state index >= 15 is 0 Å². The number of carbonyl (C=O) groups is 1. The molecule has 0 saturated heterocycles. The van der Waals surface area contributed by atoms with Crippen LogP contribution in [0.4, 0.5) is 0 Å². The summed E-state index contributed by atoms with van der Waals surface area (Å²) in [6.07, 6.45) is 8.44. The van der Waals surface area contributed by atoms with Crippen molar-refractivity contribution in [2.24, 2.45) is 17.3 Å². The average molecular weight is 178 g/mol. The minimum Gasteiger partial charge on any atom is -0.299 e. The summed E-state index contributed by atoms with van der Waals surface area (Å²) in [7, 11) is 0. The van der Waals surface area contributed by atoms with Gasteiger partial charge in [-0.2, -0.15) is 0 Å². The topological polar surface area (TPSA) is 17.1 Å². The van der Waals surface area contributed by atoms with Crippen LogP contribution < -0.4 is 0 Å². The Bertz CT molecular complexity index is 254. The Labute approximate surface area is 80.2 Å². The molecule has 1 fully saturated rings. The Morgan fingerprint density at radius 2 is 2.23 bits per heavy atom. The molecule has 0 N–H and O–H groups in total. The van der Waals surface area contributed by atoms with Crippen molar-refractivity contribution in [3.8, 4) is 0 Å². The Kier molecular flexibility index (Phi) is 2.05. The molecular formula is C12H18O. The molecule has 0 amide bonds. The molecule has 0 bridgehead atoms. The molecule has 0 aliphatic heterocycles. The van der Waals surface area contributed by atoms with Crippen molar-refractivity contribution in [2.75, 3.05) is 0 Å². The van der Waals surface area contributed by atoms with Gasteiger partial charge in [0.15, 0.2) is 0 Å². The second-order valence-corrected chi connectivity index (χ2v) is 4.88. The second kappa shape index (κ2) is 2.97. The maximum absolute atomic E-state index is 11.7. The van der Waals surface area contributed by atoms with Crippen LogP contribution in [-0.4, -0.2) is 5.78 Å². The summed E-state index contributed by atoms with van der Waals surface area (Å²) in [5, 5.41) is 0. The first kappa shape index (κ1) is 8.98. The van der Waals surface area contributed by atoms with Crippen molar-refractivity contribution >= 4 is 5.78 Å². The van der Waals surface area contributed by atoms with Gasteiger partial charge in [0, 0.05) is 12.3 Å². The zero-order valence-corrected chi connectivity index (χ0v) is 8.55. The van der Waals surface area contributed by atoms with Gasteiger partial charge in [-0.05, 0) is 30.6 Å². The van der Waals surface area contributed by atoms with E-state index in [9.17, 15) is 4.79 Å². The largest absolute Gasteiger partial charge is 0.299 e. The fourth-order valence-electron chi connectivity index (χ4n) is 2.89. The first-order valence-electron chi connectivity index (χ1n) is 5.32. The molecule has 2 rings (SSSR count). The molecule has 3 atom stereocenters. The molecule has 72 valence electrons. The van der Waals surface area contributed by atoms with Gasteiger partial charge in [0.1, 0.15) is 5.78 Å². The molecule has 0 heterocycles. The Morgan fingerprint density at radius 1 is 1.46 bits per heavy atom. The third-order valence-corrected chi connectivity index (χ3v) is 4.23. The lowest BCUT2D eigenvalue weighted by Crippen LogP contribution is -2.43. The van der Waals surface area contributed by atoms with Crippen molar-refractivity contribution < 1.29 is 4.79 Å². The molecule has 2 aliphatic rings. The SMILES string of the molecule is CC1CCC(=O)C2CC=CCC12C. The number of Topliss-reactive ketones (excluding diaryl/α,β-unsaturated/α-hetero) is 1. The predicted molar refractivity (Wildman–Crippen MR) is 53.4 cm³/mol. The van der Waals surface area contributed by atoms with Gasteiger partial charge in [0.25, 0.3) is 0 Å². The van der Waals surface area contributed by atoms with E-state index in [4.69, 9.17) is 0 Å². The number of fused-ring (bicyclic) bond motifs is 1. The second-order valence-electron chi connectivity index (χ2n) is 4.88. The number of hydrogen-bond acceptors (Lipinski definition) is 1. The van der Waals surface area contributed by atoms with Crippen LogP contribution in [0.1, 0.15) is 39.5 Å². The summed E-state index contributed by atoms with van der Waals surface area (Å²) in [6, 6.07) is 0. The molecule has 0 aromatic heterocycles. The molecular weight excluding hydrogens is 160 g/mol. The summed E-state index contributed by atoms with van der Waals surface area (Å²) in [6.45, 7) is 4.60. The van der Waals surface area contributed by atoms with Crippen molar-refractivity contribution in [1.82, 2.24) is 0 Å². The minimum atomic E-state index is 0.268. The van der Waals surface area contributed by atoms with Crippen LogP contribution in [0.3, 0.4) is 0 Å². The third kappa shape index (κ3) is 1.25. The van der Waals surface area contributed by atoms with Crippen LogP contribution in [-0.2, 0) is 4.79 Å². The fraction of sp³-hybridized carbons (Fsp3) is 0.750. The summed E-state index contributed by atoms with van der Waals surface area (Å²) in [4.78, 5) is 11.7. The molecule has 0 spiro atoms.